The van der Waals surface area contributed by atoms with Gasteiger partial charge in [-0.1, -0.05) is 4.49 Å². The summed E-state index contributed by atoms with van der Waals surface area (Å²) >= 11 is 1.31. The molecule has 1 heterocycles. The third kappa shape index (κ3) is 3.34. The lowest BCUT2D eigenvalue weighted by Crippen LogP contribution is -2.41. The maximum Gasteiger partial charge on any atom is 0.206 e. The third-order valence-electron chi connectivity index (χ3n) is 1.29. The number of nitrogens with one attached hydrogen (secondary N) is 2. The molecule has 0 saturated carbocycles. The number of rotatable bonds is 3. The molecule has 0 spiro atoms. The molecule has 0 amide bonds. The van der Waals surface area contributed by atoms with Gasteiger partial charge in [0, 0.05) is 11.9 Å². The van der Waals surface area contributed by atoms with Crippen molar-refractivity contribution in [2.75, 3.05) is 6.54 Å². The highest BCUT2D eigenvalue weighted by Crippen LogP contribution is 1.97. The van der Waals surface area contributed by atoms with Crippen LogP contribution in [0, 0.1) is 0 Å². The normalized spacial score (nSPS) is 11.4. The van der Waals surface area contributed by atoms with E-state index in [0.29, 0.717) is 12.5 Å². The Morgan fingerprint density at radius 2 is 2.62 bits per heavy atom. The number of nitrogens with two attached hydrogens (primary N) is 1. The van der Waals surface area contributed by atoms with E-state index in [1.54, 1.807) is 0 Å². The molecule has 7 heteroatoms. The van der Waals surface area contributed by atoms with E-state index in [2.05, 4.69) is 25.3 Å². The number of aromatic nitrogens is 2. The second-order valence-corrected chi connectivity index (χ2v) is 2.85. The molecule has 0 aliphatic rings. The fourth-order valence-electron chi connectivity index (χ4n) is 0.733. The van der Waals surface area contributed by atoms with Crippen molar-refractivity contribution >= 4 is 17.5 Å². The minimum absolute atomic E-state index is 0.489. The van der Waals surface area contributed by atoms with Crippen LogP contribution in [0.2, 0.25) is 0 Å². The molecule has 72 valence electrons. The summed E-state index contributed by atoms with van der Waals surface area (Å²) in [4.78, 5) is 4.15. The Labute approximate surface area is 80.4 Å². The molecule has 1 rings (SSSR count). The van der Waals surface area contributed by atoms with E-state index in [-0.39, 0.29) is 0 Å². The maximum atomic E-state index is 5.22. The summed E-state index contributed by atoms with van der Waals surface area (Å²) in [7, 11) is 0. The van der Waals surface area contributed by atoms with Crippen molar-refractivity contribution in [2.24, 2.45) is 10.8 Å². The van der Waals surface area contributed by atoms with Gasteiger partial charge in [0.2, 0.25) is 5.96 Å². The number of aliphatic imine (C=N–C) groups is 1. The van der Waals surface area contributed by atoms with Crippen molar-refractivity contribution < 1.29 is 0 Å². The number of guanidine groups is 1. The molecule has 4 N–H and O–H groups in total. The standard InChI is InChI=1S/C6H12N6S/c1-2-8-6(10-7)9-3-5-4-13-12-11-5/h4H,2-3,7H2,1H3,(H2,8,9,10). The second kappa shape index (κ2) is 5.44. The van der Waals surface area contributed by atoms with E-state index in [0.717, 1.165) is 12.2 Å². The van der Waals surface area contributed by atoms with Crippen LogP contribution in [0.5, 0.6) is 0 Å². The predicted molar refractivity (Wildman–Crippen MR) is 52.0 cm³/mol. The molecular weight excluding hydrogens is 188 g/mol. The first-order chi connectivity index (χ1) is 6.36. The SMILES string of the molecule is CCNC(=NCc1csnn1)NN. The maximum absolute atomic E-state index is 5.22. The Kier molecular flexibility index (Phi) is 4.13. The molecule has 6 nitrogen and oxygen atoms in total. The van der Waals surface area contributed by atoms with Crippen LogP contribution in [-0.4, -0.2) is 22.1 Å². The Morgan fingerprint density at radius 3 is 3.15 bits per heavy atom. The Balaban J connectivity index is 2.45. The van der Waals surface area contributed by atoms with E-state index in [4.69, 9.17) is 5.84 Å². The molecule has 1 aromatic heterocycles. The van der Waals surface area contributed by atoms with E-state index in [1.165, 1.54) is 11.5 Å². The van der Waals surface area contributed by atoms with Gasteiger partial charge in [-0.2, -0.15) is 0 Å². The largest absolute Gasteiger partial charge is 0.356 e. The summed E-state index contributed by atoms with van der Waals surface area (Å²) in [5.74, 6) is 5.79. The molecule has 0 bridgehead atoms. The second-order valence-electron chi connectivity index (χ2n) is 2.24. The monoisotopic (exact) mass is 200 g/mol. The summed E-state index contributed by atoms with van der Waals surface area (Å²) in [6.45, 7) is 3.23. The Bertz CT molecular complexity index is 256. The van der Waals surface area contributed by atoms with Crippen LogP contribution in [0.4, 0.5) is 0 Å². The minimum atomic E-state index is 0.489. The van der Waals surface area contributed by atoms with Crippen LogP contribution in [0.3, 0.4) is 0 Å². The summed E-state index contributed by atoms with van der Waals surface area (Å²) in [6.07, 6.45) is 0. The Hall–Kier alpha value is -1.21. The molecule has 0 atom stereocenters. The highest BCUT2D eigenvalue weighted by Gasteiger charge is 1.95. The van der Waals surface area contributed by atoms with Gasteiger partial charge in [0.25, 0.3) is 0 Å². The van der Waals surface area contributed by atoms with Gasteiger partial charge in [-0.15, -0.1) is 5.10 Å². The molecule has 0 unspecified atom stereocenters. The first kappa shape index (κ1) is 9.87. The van der Waals surface area contributed by atoms with Gasteiger partial charge in [0.05, 0.1) is 12.2 Å². The highest BCUT2D eigenvalue weighted by molar-refractivity contribution is 7.03. The van der Waals surface area contributed by atoms with Crippen LogP contribution >= 0.6 is 11.5 Å². The molecule has 0 radical (unpaired) electrons. The van der Waals surface area contributed by atoms with Gasteiger partial charge in [-0.3, -0.25) is 5.43 Å². The predicted octanol–water partition coefficient (Wildman–Crippen LogP) is -0.533. The molecule has 13 heavy (non-hydrogen) atoms. The van der Waals surface area contributed by atoms with E-state index >= 15 is 0 Å². The van der Waals surface area contributed by atoms with Crippen LogP contribution in [0.1, 0.15) is 12.6 Å². The van der Waals surface area contributed by atoms with E-state index < -0.39 is 0 Å². The lowest BCUT2D eigenvalue weighted by molar-refractivity contribution is 0.842. The first-order valence-corrected chi connectivity index (χ1v) is 4.71. The van der Waals surface area contributed by atoms with Crippen molar-refractivity contribution in [1.29, 1.82) is 0 Å². The van der Waals surface area contributed by atoms with Gasteiger partial charge in [0.15, 0.2) is 0 Å². The first-order valence-electron chi connectivity index (χ1n) is 3.87. The summed E-state index contributed by atoms with van der Waals surface area (Å²) in [5.41, 5.74) is 3.30. The number of hydrogen-bond donors (Lipinski definition) is 3. The van der Waals surface area contributed by atoms with Gasteiger partial charge in [0.1, 0.15) is 0 Å². The number of hydrogen-bond acceptors (Lipinski definition) is 5. The fraction of sp³-hybridized carbons (Fsp3) is 0.500. The van der Waals surface area contributed by atoms with E-state index in [1.807, 2.05) is 12.3 Å². The lowest BCUT2D eigenvalue weighted by atomic mass is 10.5. The fourth-order valence-corrected chi connectivity index (χ4v) is 1.18. The zero-order valence-electron chi connectivity index (χ0n) is 7.32. The van der Waals surface area contributed by atoms with Crippen molar-refractivity contribution in [3.63, 3.8) is 0 Å². The van der Waals surface area contributed by atoms with Crippen LogP contribution < -0.4 is 16.6 Å². The molecule has 0 aliphatic heterocycles. The van der Waals surface area contributed by atoms with Gasteiger partial charge in [-0.25, -0.2) is 10.8 Å². The molecular formula is C6H12N6S. The van der Waals surface area contributed by atoms with Crippen molar-refractivity contribution in [3.05, 3.63) is 11.1 Å². The summed E-state index contributed by atoms with van der Waals surface area (Å²) in [5, 5.41) is 8.66. The van der Waals surface area contributed by atoms with Gasteiger partial charge in [-0.05, 0) is 18.5 Å². The van der Waals surface area contributed by atoms with Crippen molar-refractivity contribution in [3.8, 4) is 0 Å². The van der Waals surface area contributed by atoms with Gasteiger partial charge < -0.3 is 5.32 Å². The highest BCUT2D eigenvalue weighted by atomic mass is 32.1. The molecule has 0 aliphatic carbocycles. The van der Waals surface area contributed by atoms with Crippen LogP contribution in [0.25, 0.3) is 0 Å². The average molecular weight is 200 g/mol. The quantitative estimate of drug-likeness (QED) is 0.264. The molecule has 1 aromatic rings. The number of nitrogens with zero attached hydrogens (tertiary/aromatic N) is 3. The summed E-state index contributed by atoms with van der Waals surface area (Å²) < 4.78 is 3.72. The molecule has 0 aromatic carbocycles. The smallest absolute Gasteiger partial charge is 0.206 e. The van der Waals surface area contributed by atoms with Crippen molar-refractivity contribution in [1.82, 2.24) is 20.3 Å². The topological polar surface area (TPSA) is 88.2 Å². The van der Waals surface area contributed by atoms with Crippen molar-refractivity contribution in [2.45, 2.75) is 13.5 Å². The van der Waals surface area contributed by atoms with Crippen LogP contribution in [0.15, 0.2) is 10.4 Å². The van der Waals surface area contributed by atoms with E-state index in [9.17, 15) is 0 Å². The zero-order valence-corrected chi connectivity index (χ0v) is 8.14. The number of hydrazine groups is 1. The minimum Gasteiger partial charge on any atom is -0.356 e. The zero-order chi connectivity index (χ0) is 9.52. The lowest BCUT2D eigenvalue weighted by Gasteiger charge is -2.04. The van der Waals surface area contributed by atoms with Crippen LogP contribution in [-0.2, 0) is 6.54 Å². The third-order valence-corrected chi connectivity index (χ3v) is 1.84. The van der Waals surface area contributed by atoms with Gasteiger partial charge >= 0.3 is 0 Å². The Morgan fingerprint density at radius 1 is 1.77 bits per heavy atom. The summed E-state index contributed by atoms with van der Waals surface area (Å²) in [6, 6.07) is 0. The molecule has 0 saturated heterocycles. The average Bonchev–Trinajstić information content (AvgIpc) is 2.64. The molecule has 0 fully saturated rings.